The summed E-state index contributed by atoms with van der Waals surface area (Å²) >= 11 is 0. The van der Waals surface area contributed by atoms with Crippen molar-refractivity contribution < 1.29 is 4.74 Å². The van der Waals surface area contributed by atoms with Crippen LogP contribution in [0, 0.1) is 5.92 Å². The number of nitrogen functional groups attached to an aromatic ring is 1. The van der Waals surface area contributed by atoms with E-state index in [2.05, 4.69) is 11.9 Å². The van der Waals surface area contributed by atoms with Gasteiger partial charge < -0.3 is 10.5 Å². The van der Waals surface area contributed by atoms with E-state index in [0.29, 0.717) is 17.7 Å². The number of rotatable bonds is 2. The van der Waals surface area contributed by atoms with Crippen molar-refractivity contribution in [3.8, 4) is 5.88 Å². The molecule has 0 unspecified atom stereocenters. The molecule has 2 rings (SSSR count). The summed E-state index contributed by atoms with van der Waals surface area (Å²) in [6.07, 6.45) is 6.81. The smallest absolute Gasteiger partial charge is 0.215 e. The summed E-state index contributed by atoms with van der Waals surface area (Å²) < 4.78 is 5.79. The zero-order valence-corrected chi connectivity index (χ0v) is 9.15. The predicted molar refractivity (Wildman–Crippen MR) is 60.7 cm³/mol. The third kappa shape index (κ3) is 2.85. The number of pyridine rings is 1. The lowest BCUT2D eigenvalue weighted by atomic mass is 9.89. The first kappa shape index (κ1) is 10.3. The summed E-state index contributed by atoms with van der Waals surface area (Å²) in [5.74, 6) is 1.51. The highest BCUT2D eigenvalue weighted by molar-refractivity contribution is 5.39. The molecule has 0 bridgehead atoms. The summed E-state index contributed by atoms with van der Waals surface area (Å²) in [6.45, 7) is 2.30. The number of hydrogen-bond acceptors (Lipinski definition) is 3. The number of aromatic nitrogens is 1. The first-order chi connectivity index (χ1) is 7.24. The highest BCUT2D eigenvalue weighted by Crippen LogP contribution is 2.26. The van der Waals surface area contributed by atoms with Crippen LogP contribution >= 0.6 is 0 Å². The van der Waals surface area contributed by atoms with E-state index in [1.54, 1.807) is 18.3 Å². The minimum absolute atomic E-state index is 0.329. The van der Waals surface area contributed by atoms with Crippen molar-refractivity contribution in [2.45, 2.75) is 38.7 Å². The molecule has 0 aliphatic heterocycles. The van der Waals surface area contributed by atoms with Gasteiger partial charge in [-0.25, -0.2) is 4.98 Å². The second-order valence-corrected chi connectivity index (χ2v) is 4.43. The van der Waals surface area contributed by atoms with Crippen LogP contribution in [0.4, 0.5) is 5.69 Å². The number of ether oxygens (including phenoxy) is 1. The van der Waals surface area contributed by atoms with Crippen LogP contribution < -0.4 is 10.5 Å². The van der Waals surface area contributed by atoms with Crippen molar-refractivity contribution >= 4 is 5.69 Å². The first-order valence-electron chi connectivity index (χ1n) is 5.62. The fraction of sp³-hybridized carbons (Fsp3) is 0.583. The number of nitrogens with two attached hydrogens (primary N) is 1. The molecule has 1 saturated carbocycles. The molecule has 0 radical (unpaired) electrons. The Balaban J connectivity index is 1.92. The largest absolute Gasteiger partial charge is 0.474 e. The van der Waals surface area contributed by atoms with E-state index in [1.165, 1.54) is 12.8 Å². The minimum atomic E-state index is 0.329. The molecule has 1 heterocycles. The molecule has 1 aromatic rings. The normalized spacial score (nSPS) is 26.2. The van der Waals surface area contributed by atoms with Crippen LogP contribution in [-0.2, 0) is 0 Å². The van der Waals surface area contributed by atoms with Crippen molar-refractivity contribution in [1.82, 2.24) is 4.98 Å². The maximum absolute atomic E-state index is 5.79. The maximum atomic E-state index is 5.79. The van der Waals surface area contributed by atoms with Gasteiger partial charge in [-0.15, -0.1) is 0 Å². The zero-order chi connectivity index (χ0) is 10.7. The van der Waals surface area contributed by atoms with Crippen LogP contribution in [0.1, 0.15) is 32.6 Å². The van der Waals surface area contributed by atoms with Crippen LogP contribution in [0.15, 0.2) is 18.3 Å². The van der Waals surface area contributed by atoms with E-state index in [9.17, 15) is 0 Å². The molecule has 0 saturated heterocycles. The van der Waals surface area contributed by atoms with Crippen LogP contribution in [0.2, 0.25) is 0 Å². The molecule has 3 heteroatoms. The summed E-state index contributed by atoms with van der Waals surface area (Å²) in [5, 5.41) is 0. The van der Waals surface area contributed by atoms with Gasteiger partial charge in [-0.2, -0.15) is 0 Å². The second kappa shape index (κ2) is 4.51. The fourth-order valence-corrected chi connectivity index (χ4v) is 2.01. The van der Waals surface area contributed by atoms with Gasteiger partial charge in [0.1, 0.15) is 6.10 Å². The third-order valence-electron chi connectivity index (χ3n) is 3.01. The van der Waals surface area contributed by atoms with Gasteiger partial charge in [-0.3, -0.25) is 0 Å². The van der Waals surface area contributed by atoms with E-state index in [0.717, 1.165) is 18.8 Å². The summed E-state index contributed by atoms with van der Waals surface area (Å²) in [4.78, 5) is 4.15. The molecule has 0 aromatic carbocycles. The highest BCUT2D eigenvalue weighted by atomic mass is 16.5. The molecule has 0 spiro atoms. The van der Waals surface area contributed by atoms with Crippen LogP contribution in [0.25, 0.3) is 0 Å². The number of hydrogen-bond donors (Lipinski definition) is 1. The Kier molecular flexibility index (Phi) is 3.09. The third-order valence-corrected chi connectivity index (χ3v) is 3.01. The van der Waals surface area contributed by atoms with Gasteiger partial charge in [0, 0.05) is 18.0 Å². The lowest BCUT2D eigenvalue weighted by Gasteiger charge is -2.26. The molecule has 0 amide bonds. The molecular weight excluding hydrogens is 188 g/mol. The van der Waals surface area contributed by atoms with Gasteiger partial charge in [0.25, 0.3) is 0 Å². The number of anilines is 1. The molecule has 2 N–H and O–H groups in total. The van der Waals surface area contributed by atoms with Gasteiger partial charge in [-0.1, -0.05) is 6.92 Å². The molecular formula is C12H18N2O. The van der Waals surface area contributed by atoms with Crippen molar-refractivity contribution in [2.75, 3.05) is 5.73 Å². The highest BCUT2D eigenvalue weighted by Gasteiger charge is 2.19. The second-order valence-electron chi connectivity index (χ2n) is 4.43. The molecule has 15 heavy (non-hydrogen) atoms. The molecule has 1 aliphatic rings. The Bertz CT molecular complexity index is 319. The standard InChI is InChI=1S/C12H18N2O/c1-9-2-4-11(5-3-9)15-12-8-10(13)6-7-14-12/h6-9,11H,2-5H2,1H3,(H2,13,14). The average Bonchev–Trinajstić information content (AvgIpc) is 2.22. The first-order valence-corrected chi connectivity index (χ1v) is 5.62. The van der Waals surface area contributed by atoms with Crippen molar-refractivity contribution in [3.05, 3.63) is 18.3 Å². The molecule has 1 aliphatic carbocycles. The van der Waals surface area contributed by atoms with Gasteiger partial charge in [0.2, 0.25) is 5.88 Å². The summed E-state index contributed by atoms with van der Waals surface area (Å²) in [5.41, 5.74) is 6.38. The van der Waals surface area contributed by atoms with Gasteiger partial charge >= 0.3 is 0 Å². The Labute approximate surface area is 90.7 Å². The van der Waals surface area contributed by atoms with E-state index >= 15 is 0 Å². The minimum Gasteiger partial charge on any atom is -0.474 e. The van der Waals surface area contributed by atoms with Crippen LogP contribution in [0.5, 0.6) is 5.88 Å². The Hall–Kier alpha value is -1.25. The van der Waals surface area contributed by atoms with E-state index in [4.69, 9.17) is 10.5 Å². The van der Waals surface area contributed by atoms with Crippen molar-refractivity contribution in [2.24, 2.45) is 5.92 Å². The van der Waals surface area contributed by atoms with Crippen molar-refractivity contribution in [3.63, 3.8) is 0 Å². The quantitative estimate of drug-likeness (QED) is 0.809. The number of nitrogens with zero attached hydrogens (tertiary/aromatic N) is 1. The molecule has 3 nitrogen and oxygen atoms in total. The fourth-order valence-electron chi connectivity index (χ4n) is 2.01. The summed E-state index contributed by atoms with van der Waals surface area (Å²) in [6, 6.07) is 3.56. The van der Waals surface area contributed by atoms with E-state index in [-0.39, 0.29) is 0 Å². The monoisotopic (exact) mass is 206 g/mol. The van der Waals surface area contributed by atoms with Gasteiger partial charge in [0.15, 0.2) is 0 Å². The van der Waals surface area contributed by atoms with E-state index < -0.39 is 0 Å². The predicted octanol–water partition coefficient (Wildman–Crippen LogP) is 2.62. The Morgan fingerprint density at radius 3 is 2.73 bits per heavy atom. The molecule has 82 valence electrons. The molecule has 1 fully saturated rings. The van der Waals surface area contributed by atoms with E-state index in [1.807, 2.05) is 0 Å². The zero-order valence-electron chi connectivity index (χ0n) is 9.15. The lowest BCUT2D eigenvalue weighted by Crippen LogP contribution is -2.23. The SMILES string of the molecule is CC1CCC(Oc2cc(N)ccn2)CC1. The summed E-state index contributed by atoms with van der Waals surface area (Å²) in [7, 11) is 0. The van der Waals surface area contributed by atoms with Gasteiger partial charge in [0.05, 0.1) is 0 Å². The lowest BCUT2D eigenvalue weighted by molar-refractivity contribution is 0.130. The molecule has 1 aromatic heterocycles. The Morgan fingerprint density at radius 2 is 2.07 bits per heavy atom. The average molecular weight is 206 g/mol. The topological polar surface area (TPSA) is 48.1 Å². The Morgan fingerprint density at radius 1 is 1.33 bits per heavy atom. The van der Waals surface area contributed by atoms with Crippen molar-refractivity contribution in [1.29, 1.82) is 0 Å². The maximum Gasteiger partial charge on any atom is 0.215 e. The molecule has 0 atom stereocenters. The van der Waals surface area contributed by atoms with Gasteiger partial charge in [-0.05, 0) is 37.7 Å². The van der Waals surface area contributed by atoms with Crippen LogP contribution in [0.3, 0.4) is 0 Å². The van der Waals surface area contributed by atoms with Crippen LogP contribution in [-0.4, -0.2) is 11.1 Å².